The van der Waals surface area contributed by atoms with Gasteiger partial charge in [0.15, 0.2) is 17.3 Å². The number of hydrogen-bond acceptors (Lipinski definition) is 5. The van der Waals surface area contributed by atoms with Crippen molar-refractivity contribution in [3.05, 3.63) is 23.3 Å². The lowest BCUT2D eigenvalue weighted by Gasteiger charge is -2.17. The lowest BCUT2D eigenvalue weighted by atomic mass is 9.92. The number of phenolic OH excluding ortho intramolecular Hbond substituents is 1. The number of methoxy groups -OCH3 is 2. The Bertz CT molecular complexity index is 584. The molecular weight excluding hydrogens is 286 g/mol. The van der Waals surface area contributed by atoms with Crippen LogP contribution in [-0.4, -0.2) is 49.2 Å². The molecule has 1 unspecified atom stereocenters. The molecule has 1 saturated heterocycles. The summed E-state index contributed by atoms with van der Waals surface area (Å²) in [5, 5.41) is 10.2. The number of rotatable bonds is 4. The number of phenols is 1. The topological polar surface area (TPSA) is 76.1 Å². The van der Waals surface area contributed by atoms with Gasteiger partial charge in [0.1, 0.15) is 0 Å². The zero-order valence-electron chi connectivity index (χ0n) is 13.1. The van der Waals surface area contributed by atoms with Crippen LogP contribution < -0.4 is 4.74 Å². The molecule has 0 saturated carbocycles. The Morgan fingerprint density at radius 1 is 1.36 bits per heavy atom. The summed E-state index contributed by atoms with van der Waals surface area (Å²) >= 11 is 0. The van der Waals surface area contributed by atoms with Crippen LogP contribution in [0.1, 0.15) is 29.3 Å². The quantitative estimate of drug-likeness (QED) is 0.863. The van der Waals surface area contributed by atoms with E-state index in [0.717, 1.165) is 12.0 Å². The number of aromatic hydroxyl groups is 1. The number of ether oxygens (including phenoxy) is 2. The van der Waals surface area contributed by atoms with Crippen LogP contribution in [-0.2, 0) is 11.2 Å². The molecule has 0 aliphatic carbocycles. The summed E-state index contributed by atoms with van der Waals surface area (Å²) in [5.74, 6) is 0.214. The van der Waals surface area contributed by atoms with Crippen molar-refractivity contribution in [3.8, 4) is 11.5 Å². The summed E-state index contributed by atoms with van der Waals surface area (Å²) in [7, 11) is 2.81. The predicted molar refractivity (Wildman–Crippen MR) is 80.5 cm³/mol. The summed E-state index contributed by atoms with van der Waals surface area (Å²) in [6, 6.07) is 3.46. The molecule has 0 radical (unpaired) electrons. The SMILES string of the molecule is COC(=O)N1CCC(Cc2ccc(OC)c(O)c2C(C)=O)C1. The van der Waals surface area contributed by atoms with Crippen molar-refractivity contribution in [1.29, 1.82) is 0 Å². The lowest BCUT2D eigenvalue weighted by Crippen LogP contribution is -2.28. The van der Waals surface area contributed by atoms with Gasteiger partial charge in [0.25, 0.3) is 0 Å². The van der Waals surface area contributed by atoms with Gasteiger partial charge in [0.05, 0.1) is 19.8 Å². The number of hydrogen-bond donors (Lipinski definition) is 1. The fourth-order valence-electron chi connectivity index (χ4n) is 2.95. The molecule has 0 spiro atoms. The van der Waals surface area contributed by atoms with E-state index in [2.05, 4.69) is 0 Å². The zero-order valence-corrected chi connectivity index (χ0v) is 13.1. The van der Waals surface area contributed by atoms with E-state index in [1.165, 1.54) is 21.1 Å². The van der Waals surface area contributed by atoms with Crippen molar-refractivity contribution in [3.63, 3.8) is 0 Å². The molecule has 1 aliphatic heterocycles. The molecule has 1 aromatic rings. The van der Waals surface area contributed by atoms with Crippen molar-refractivity contribution in [2.45, 2.75) is 19.8 Å². The Kier molecular flexibility index (Phi) is 4.90. The minimum absolute atomic E-state index is 0.115. The first-order chi connectivity index (χ1) is 10.5. The Labute approximate surface area is 129 Å². The van der Waals surface area contributed by atoms with Crippen molar-refractivity contribution in [2.24, 2.45) is 5.92 Å². The second-order valence-electron chi connectivity index (χ2n) is 5.48. The van der Waals surface area contributed by atoms with Crippen molar-refractivity contribution < 1.29 is 24.2 Å². The Morgan fingerprint density at radius 3 is 2.68 bits per heavy atom. The number of ketones is 1. The van der Waals surface area contributed by atoms with Crippen LogP contribution >= 0.6 is 0 Å². The maximum Gasteiger partial charge on any atom is 0.409 e. The van der Waals surface area contributed by atoms with Gasteiger partial charge in [-0.2, -0.15) is 0 Å². The van der Waals surface area contributed by atoms with Gasteiger partial charge in [-0.25, -0.2) is 4.79 Å². The molecule has 1 atom stereocenters. The third-order valence-corrected chi connectivity index (χ3v) is 4.03. The highest BCUT2D eigenvalue weighted by atomic mass is 16.5. The average Bonchev–Trinajstić information content (AvgIpc) is 2.95. The summed E-state index contributed by atoms with van der Waals surface area (Å²) in [6.45, 7) is 2.67. The minimum atomic E-state index is -0.327. The van der Waals surface area contributed by atoms with Gasteiger partial charge >= 0.3 is 6.09 Å². The first kappa shape index (κ1) is 16.1. The van der Waals surface area contributed by atoms with E-state index in [1.807, 2.05) is 0 Å². The first-order valence-electron chi connectivity index (χ1n) is 7.20. The largest absolute Gasteiger partial charge is 0.504 e. The van der Waals surface area contributed by atoms with Crippen LogP contribution in [0.3, 0.4) is 0 Å². The molecule has 1 aromatic carbocycles. The smallest absolute Gasteiger partial charge is 0.409 e. The lowest BCUT2D eigenvalue weighted by molar-refractivity contribution is 0.101. The second-order valence-corrected chi connectivity index (χ2v) is 5.48. The van der Waals surface area contributed by atoms with Gasteiger partial charge in [-0.15, -0.1) is 0 Å². The summed E-state index contributed by atoms with van der Waals surface area (Å²) < 4.78 is 9.77. The fraction of sp³-hybridized carbons (Fsp3) is 0.500. The third-order valence-electron chi connectivity index (χ3n) is 4.03. The van der Waals surface area contributed by atoms with Crippen LogP contribution in [0.2, 0.25) is 0 Å². The van der Waals surface area contributed by atoms with Crippen LogP contribution in [0.25, 0.3) is 0 Å². The van der Waals surface area contributed by atoms with E-state index < -0.39 is 0 Å². The van der Waals surface area contributed by atoms with E-state index in [1.54, 1.807) is 17.0 Å². The normalized spacial score (nSPS) is 17.4. The molecule has 6 nitrogen and oxygen atoms in total. The molecule has 2 rings (SSSR count). The summed E-state index contributed by atoms with van der Waals surface area (Å²) in [5.41, 5.74) is 1.08. The molecule has 1 N–H and O–H groups in total. The van der Waals surface area contributed by atoms with Crippen LogP contribution in [0, 0.1) is 5.92 Å². The van der Waals surface area contributed by atoms with Crippen LogP contribution in [0.15, 0.2) is 12.1 Å². The van der Waals surface area contributed by atoms with Crippen LogP contribution in [0.4, 0.5) is 4.79 Å². The third kappa shape index (κ3) is 3.16. The minimum Gasteiger partial charge on any atom is -0.504 e. The van der Waals surface area contributed by atoms with Gasteiger partial charge in [0, 0.05) is 13.1 Å². The molecular formula is C16H21NO5. The van der Waals surface area contributed by atoms with E-state index in [0.29, 0.717) is 25.1 Å². The Balaban J connectivity index is 2.19. The van der Waals surface area contributed by atoms with E-state index in [-0.39, 0.29) is 29.3 Å². The summed E-state index contributed by atoms with van der Waals surface area (Å²) in [4.78, 5) is 25.0. The summed E-state index contributed by atoms with van der Waals surface area (Å²) in [6.07, 6.45) is 1.14. The average molecular weight is 307 g/mol. The highest BCUT2D eigenvalue weighted by Gasteiger charge is 2.28. The second kappa shape index (κ2) is 6.68. The van der Waals surface area contributed by atoms with Gasteiger partial charge in [-0.05, 0) is 37.3 Å². The highest BCUT2D eigenvalue weighted by Crippen LogP contribution is 2.34. The van der Waals surface area contributed by atoms with E-state index in [9.17, 15) is 14.7 Å². The highest BCUT2D eigenvalue weighted by molar-refractivity contribution is 5.99. The van der Waals surface area contributed by atoms with Crippen LogP contribution in [0.5, 0.6) is 11.5 Å². The molecule has 1 aliphatic rings. The van der Waals surface area contributed by atoms with Gasteiger partial charge in [-0.1, -0.05) is 6.07 Å². The fourth-order valence-corrected chi connectivity index (χ4v) is 2.95. The number of carbonyl (C=O) groups excluding carboxylic acids is 2. The van der Waals surface area contributed by atoms with Gasteiger partial charge < -0.3 is 19.5 Å². The Hall–Kier alpha value is -2.24. The van der Waals surface area contributed by atoms with Crippen molar-refractivity contribution in [2.75, 3.05) is 27.3 Å². The predicted octanol–water partition coefficient (Wildman–Crippen LogP) is 2.23. The van der Waals surface area contributed by atoms with E-state index >= 15 is 0 Å². The monoisotopic (exact) mass is 307 g/mol. The molecule has 22 heavy (non-hydrogen) atoms. The number of nitrogens with zero attached hydrogens (tertiary/aromatic N) is 1. The number of likely N-dealkylation sites (tertiary alicyclic amines) is 1. The number of carbonyl (C=O) groups is 2. The maximum absolute atomic E-state index is 11.8. The van der Waals surface area contributed by atoms with Crippen molar-refractivity contribution >= 4 is 11.9 Å². The number of amides is 1. The molecule has 0 aromatic heterocycles. The molecule has 0 bridgehead atoms. The van der Waals surface area contributed by atoms with Gasteiger partial charge in [0.2, 0.25) is 0 Å². The molecule has 1 fully saturated rings. The maximum atomic E-state index is 11.8. The number of benzene rings is 1. The molecule has 120 valence electrons. The zero-order chi connectivity index (χ0) is 16.3. The van der Waals surface area contributed by atoms with Crippen molar-refractivity contribution in [1.82, 2.24) is 4.90 Å². The molecule has 6 heteroatoms. The molecule has 1 amide bonds. The van der Waals surface area contributed by atoms with E-state index in [4.69, 9.17) is 9.47 Å². The first-order valence-corrected chi connectivity index (χ1v) is 7.20. The Morgan fingerprint density at radius 2 is 2.09 bits per heavy atom. The standard InChI is InChI=1S/C16H21NO5/c1-10(18)14-12(4-5-13(21-2)15(14)19)8-11-6-7-17(9-11)16(20)22-3/h4-5,11,19H,6-9H2,1-3H3. The number of Topliss-reactive ketones (excluding diaryl/α,β-unsaturated/α-hetero) is 1. The molecule has 1 heterocycles. The van der Waals surface area contributed by atoms with Gasteiger partial charge in [-0.3, -0.25) is 4.79 Å².